The topological polar surface area (TPSA) is 93.7 Å². The number of hydrogen-bond donors (Lipinski definition) is 2. The van der Waals surface area contributed by atoms with Crippen molar-refractivity contribution in [1.29, 1.82) is 0 Å². The van der Waals surface area contributed by atoms with E-state index in [1.807, 2.05) is 0 Å². The predicted molar refractivity (Wildman–Crippen MR) is 117 cm³/mol. The first-order valence-electron chi connectivity index (χ1n) is 9.80. The maximum Gasteiger partial charge on any atom is 0.408 e. The van der Waals surface area contributed by atoms with Gasteiger partial charge in [0.15, 0.2) is 0 Å². The summed E-state index contributed by atoms with van der Waals surface area (Å²) in [5, 5.41) is 5.00. The Kier molecular flexibility index (Phi) is 9.49. The second kappa shape index (κ2) is 11.1. The normalized spacial score (nSPS) is 12.9. The number of carbonyl (C=O) groups excluding carboxylic acids is 3. The molecule has 0 spiro atoms. The van der Waals surface area contributed by atoms with E-state index in [0.29, 0.717) is 0 Å². The molecule has 0 aliphatic rings. The molecule has 1 atom stereocenters. The summed E-state index contributed by atoms with van der Waals surface area (Å²) in [6.45, 7) is 10.3. The summed E-state index contributed by atoms with van der Waals surface area (Å²) < 4.78 is 24.4. The van der Waals surface area contributed by atoms with Gasteiger partial charge >= 0.3 is 12.1 Å². The molecule has 1 unspecified atom stereocenters. The van der Waals surface area contributed by atoms with Gasteiger partial charge in [-0.05, 0) is 60.1 Å². The molecule has 2 N–H and O–H groups in total. The second-order valence-corrected chi connectivity index (χ2v) is 9.20. The summed E-state index contributed by atoms with van der Waals surface area (Å²) in [7, 11) is 0. The van der Waals surface area contributed by atoms with Crippen LogP contribution in [0.1, 0.15) is 53.5 Å². The van der Waals surface area contributed by atoms with Crippen molar-refractivity contribution in [1.82, 2.24) is 10.6 Å². The Morgan fingerprint density at radius 1 is 1.10 bits per heavy atom. The molecule has 7 nitrogen and oxygen atoms in total. The zero-order valence-corrected chi connectivity index (χ0v) is 19.4. The first-order valence-corrected chi connectivity index (χ1v) is 10.2. The summed E-state index contributed by atoms with van der Waals surface area (Å²) in [4.78, 5) is 36.5. The molecule has 1 aromatic rings. The highest BCUT2D eigenvalue weighted by molar-refractivity contribution is 6.30. The average Bonchev–Trinajstić information content (AvgIpc) is 2.59. The first kappa shape index (κ1) is 26.4. The Bertz CT molecular complexity index is 828. The van der Waals surface area contributed by atoms with Crippen molar-refractivity contribution in [3.05, 3.63) is 40.7 Å². The van der Waals surface area contributed by atoms with Crippen LogP contribution in [-0.4, -0.2) is 41.8 Å². The molecule has 172 valence electrons. The largest absolute Gasteiger partial charge is 0.458 e. The van der Waals surface area contributed by atoms with Crippen LogP contribution in [0.25, 0.3) is 6.08 Å². The minimum atomic E-state index is -1.02. The van der Waals surface area contributed by atoms with E-state index in [1.165, 1.54) is 18.2 Å². The number of rotatable bonds is 7. The van der Waals surface area contributed by atoms with Crippen LogP contribution in [-0.2, 0) is 19.1 Å². The van der Waals surface area contributed by atoms with E-state index in [0.717, 1.165) is 6.08 Å². The molecule has 0 saturated heterocycles. The van der Waals surface area contributed by atoms with Crippen molar-refractivity contribution in [2.45, 2.75) is 65.2 Å². The number of carbonyl (C=O) groups is 3. The number of halogens is 2. The molecular weight excluding hydrogens is 427 g/mol. The molecule has 0 bridgehead atoms. The summed E-state index contributed by atoms with van der Waals surface area (Å²) in [5.74, 6) is -1.77. The van der Waals surface area contributed by atoms with Gasteiger partial charge in [0.2, 0.25) is 5.91 Å². The van der Waals surface area contributed by atoms with Crippen molar-refractivity contribution in [2.75, 3.05) is 6.54 Å². The lowest BCUT2D eigenvalue weighted by molar-refractivity contribution is -0.157. The van der Waals surface area contributed by atoms with Crippen molar-refractivity contribution < 1.29 is 28.2 Å². The number of benzene rings is 1. The number of esters is 1. The van der Waals surface area contributed by atoms with Crippen molar-refractivity contribution >= 4 is 35.6 Å². The van der Waals surface area contributed by atoms with Crippen LogP contribution in [0.2, 0.25) is 5.02 Å². The smallest absolute Gasteiger partial charge is 0.408 e. The Balaban J connectivity index is 2.71. The second-order valence-electron chi connectivity index (χ2n) is 8.79. The van der Waals surface area contributed by atoms with Crippen LogP contribution in [0.15, 0.2) is 24.3 Å². The highest BCUT2D eigenvalue weighted by atomic mass is 35.5. The van der Waals surface area contributed by atoms with Gasteiger partial charge in [-0.1, -0.05) is 23.7 Å². The van der Waals surface area contributed by atoms with E-state index >= 15 is 0 Å². The minimum Gasteiger partial charge on any atom is -0.458 e. The van der Waals surface area contributed by atoms with Gasteiger partial charge in [-0.2, -0.15) is 0 Å². The molecule has 0 aliphatic heterocycles. The molecule has 9 heteroatoms. The minimum absolute atomic E-state index is 0.0454. The fraction of sp³-hybridized carbons (Fsp3) is 0.500. The lowest BCUT2D eigenvalue weighted by atomic mass is 10.1. The maximum absolute atomic E-state index is 13.9. The van der Waals surface area contributed by atoms with Gasteiger partial charge < -0.3 is 20.1 Å². The first-order chi connectivity index (χ1) is 14.2. The van der Waals surface area contributed by atoms with Crippen LogP contribution >= 0.6 is 11.6 Å². The van der Waals surface area contributed by atoms with Gasteiger partial charge in [-0.3, -0.25) is 4.79 Å². The molecule has 0 heterocycles. The average molecular weight is 457 g/mol. The maximum atomic E-state index is 13.9. The van der Waals surface area contributed by atoms with Gasteiger partial charge in [0, 0.05) is 18.2 Å². The SMILES string of the molecule is CC(C)(C)OC(=O)NC(CCNC(=O)/C=C/c1cccc(Cl)c1F)C(=O)OC(C)(C)C. The van der Waals surface area contributed by atoms with E-state index in [1.54, 1.807) is 47.6 Å². The van der Waals surface area contributed by atoms with Gasteiger partial charge in [-0.15, -0.1) is 0 Å². The quantitative estimate of drug-likeness (QED) is 0.473. The van der Waals surface area contributed by atoms with Crippen molar-refractivity contribution in [2.24, 2.45) is 0 Å². The highest BCUT2D eigenvalue weighted by Crippen LogP contribution is 2.18. The van der Waals surface area contributed by atoms with Crippen LogP contribution in [0.4, 0.5) is 9.18 Å². The van der Waals surface area contributed by atoms with E-state index in [2.05, 4.69) is 10.6 Å². The van der Waals surface area contributed by atoms with Gasteiger partial charge in [0.25, 0.3) is 0 Å². The fourth-order valence-electron chi connectivity index (χ4n) is 2.28. The number of hydrogen-bond acceptors (Lipinski definition) is 5. The molecule has 2 amide bonds. The van der Waals surface area contributed by atoms with E-state index < -0.39 is 41.0 Å². The zero-order valence-electron chi connectivity index (χ0n) is 18.7. The van der Waals surface area contributed by atoms with E-state index in [4.69, 9.17) is 21.1 Å². The van der Waals surface area contributed by atoms with Crippen LogP contribution in [0.5, 0.6) is 0 Å². The monoisotopic (exact) mass is 456 g/mol. The van der Waals surface area contributed by atoms with Crippen LogP contribution < -0.4 is 10.6 Å². The lowest BCUT2D eigenvalue weighted by Gasteiger charge is -2.26. The highest BCUT2D eigenvalue weighted by Gasteiger charge is 2.28. The van der Waals surface area contributed by atoms with Crippen LogP contribution in [0.3, 0.4) is 0 Å². The van der Waals surface area contributed by atoms with Gasteiger partial charge in [0.05, 0.1) is 5.02 Å². The van der Waals surface area contributed by atoms with Gasteiger partial charge in [0.1, 0.15) is 23.1 Å². The summed E-state index contributed by atoms with van der Waals surface area (Å²) in [6, 6.07) is 3.43. The molecule has 1 rings (SSSR count). The summed E-state index contributed by atoms with van der Waals surface area (Å²) >= 11 is 5.71. The molecule has 0 aromatic heterocycles. The number of amides is 2. The van der Waals surface area contributed by atoms with E-state index in [9.17, 15) is 18.8 Å². The van der Waals surface area contributed by atoms with Crippen molar-refractivity contribution in [3.63, 3.8) is 0 Å². The molecule has 31 heavy (non-hydrogen) atoms. The number of nitrogens with one attached hydrogen (secondary N) is 2. The Labute approximate surface area is 187 Å². The Morgan fingerprint density at radius 2 is 1.71 bits per heavy atom. The molecule has 0 fully saturated rings. The Morgan fingerprint density at radius 3 is 2.29 bits per heavy atom. The number of alkyl carbamates (subject to hydrolysis) is 1. The standard InChI is InChI=1S/C22H30ClFN2O5/c1-21(2,3)30-19(28)16(26-20(29)31-22(4,5)6)12-13-25-17(27)11-10-14-8-7-9-15(23)18(14)24/h7-11,16H,12-13H2,1-6H3,(H,25,27)(H,26,29)/b11-10+. The zero-order chi connectivity index (χ0) is 23.8. The molecule has 0 radical (unpaired) electrons. The van der Waals surface area contributed by atoms with Crippen LogP contribution in [0, 0.1) is 5.82 Å². The van der Waals surface area contributed by atoms with E-state index in [-0.39, 0.29) is 23.6 Å². The van der Waals surface area contributed by atoms with Gasteiger partial charge in [-0.25, -0.2) is 14.0 Å². The summed E-state index contributed by atoms with van der Waals surface area (Å²) in [6.07, 6.45) is 1.74. The molecule has 0 saturated carbocycles. The third-order valence-corrected chi connectivity index (χ3v) is 3.80. The molecule has 1 aromatic carbocycles. The Hall–Kier alpha value is -2.61. The molecular formula is C22H30ClFN2O5. The lowest BCUT2D eigenvalue weighted by Crippen LogP contribution is -2.47. The van der Waals surface area contributed by atoms with Crippen molar-refractivity contribution in [3.8, 4) is 0 Å². The third kappa shape index (κ3) is 10.8. The third-order valence-electron chi connectivity index (χ3n) is 3.51. The number of ether oxygens (including phenoxy) is 2. The fourth-order valence-corrected chi connectivity index (χ4v) is 2.47. The predicted octanol–water partition coefficient (Wildman–Crippen LogP) is 4.23. The summed E-state index contributed by atoms with van der Waals surface area (Å²) in [5.41, 5.74) is -1.32. The molecule has 0 aliphatic carbocycles.